The third-order valence-electron chi connectivity index (χ3n) is 2.78. The smallest absolute Gasteiger partial charge is 0.0776 e. The molecule has 1 N–H and O–H groups in total. The first-order valence-corrected chi connectivity index (χ1v) is 6.07. The number of aryl methyl sites for hydroxylation is 1. The van der Waals surface area contributed by atoms with Crippen LogP contribution in [0.1, 0.15) is 57.6 Å². The lowest BCUT2D eigenvalue weighted by Crippen LogP contribution is -1.95. The second-order valence-electron chi connectivity index (χ2n) is 4.27. The third-order valence-corrected chi connectivity index (χ3v) is 2.78. The zero-order valence-electron chi connectivity index (χ0n) is 9.95. The topological polar surface area (TPSA) is 25.2 Å². The number of rotatable bonds is 7. The van der Waals surface area contributed by atoms with Crippen molar-refractivity contribution in [1.29, 1.82) is 0 Å². The van der Waals surface area contributed by atoms with Crippen LogP contribution >= 0.6 is 0 Å². The average molecular weight is 209 g/mol. The molecule has 1 atom stereocenters. The molecule has 0 radical (unpaired) electrons. The van der Waals surface area contributed by atoms with Gasteiger partial charge in [0, 0.05) is 18.9 Å². The molecule has 0 aliphatic heterocycles. The summed E-state index contributed by atoms with van der Waals surface area (Å²) in [5.74, 6) is 0. The van der Waals surface area contributed by atoms with Gasteiger partial charge < -0.3 is 9.67 Å². The molecule has 0 saturated heterocycles. The van der Waals surface area contributed by atoms with Crippen LogP contribution in [0.3, 0.4) is 0 Å². The van der Waals surface area contributed by atoms with Crippen molar-refractivity contribution in [2.45, 2.75) is 58.6 Å². The maximum absolute atomic E-state index is 9.37. The molecular formula is C13H23NO. The Bertz CT molecular complexity index is 265. The van der Waals surface area contributed by atoms with Crippen molar-refractivity contribution >= 4 is 0 Å². The monoisotopic (exact) mass is 209 g/mol. The molecule has 1 aromatic heterocycles. The van der Waals surface area contributed by atoms with Crippen molar-refractivity contribution in [3.63, 3.8) is 0 Å². The van der Waals surface area contributed by atoms with Crippen LogP contribution in [0.4, 0.5) is 0 Å². The predicted molar refractivity (Wildman–Crippen MR) is 63.8 cm³/mol. The second-order valence-corrected chi connectivity index (χ2v) is 4.27. The van der Waals surface area contributed by atoms with E-state index in [0.29, 0.717) is 0 Å². The van der Waals surface area contributed by atoms with Gasteiger partial charge in [-0.3, -0.25) is 0 Å². The van der Waals surface area contributed by atoms with E-state index in [1.54, 1.807) is 6.92 Å². The van der Waals surface area contributed by atoms with Gasteiger partial charge in [0.1, 0.15) is 0 Å². The fourth-order valence-corrected chi connectivity index (χ4v) is 1.74. The molecule has 0 fully saturated rings. The Morgan fingerprint density at radius 3 is 2.60 bits per heavy atom. The summed E-state index contributed by atoms with van der Waals surface area (Å²) in [6, 6.07) is 2.00. The summed E-state index contributed by atoms with van der Waals surface area (Å²) in [6.07, 6.45) is 10.3. The average Bonchev–Trinajstić information content (AvgIpc) is 2.66. The van der Waals surface area contributed by atoms with Crippen LogP contribution in [0, 0.1) is 0 Å². The molecule has 1 unspecified atom stereocenters. The Hall–Kier alpha value is -0.760. The number of hydrogen-bond donors (Lipinski definition) is 1. The number of nitrogens with zero attached hydrogens (tertiary/aromatic N) is 1. The van der Waals surface area contributed by atoms with Crippen molar-refractivity contribution in [1.82, 2.24) is 4.57 Å². The van der Waals surface area contributed by atoms with Crippen molar-refractivity contribution in [3.8, 4) is 0 Å². The Balaban J connectivity index is 2.20. The summed E-state index contributed by atoms with van der Waals surface area (Å²) < 4.78 is 2.17. The van der Waals surface area contributed by atoms with Crippen LogP contribution < -0.4 is 0 Å². The van der Waals surface area contributed by atoms with Crippen LogP contribution in [0.2, 0.25) is 0 Å². The molecular weight excluding hydrogens is 186 g/mol. The van der Waals surface area contributed by atoms with E-state index in [-0.39, 0.29) is 6.10 Å². The van der Waals surface area contributed by atoms with Gasteiger partial charge in [0.15, 0.2) is 0 Å². The normalized spacial score (nSPS) is 13.0. The molecule has 0 spiro atoms. The van der Waals surface area contributed by atoms with Crippen LogP contribution in [0.5, 0.6) is 0 Å². The highest BCUT2D eigenvalue weighted by atomic mass is 16.3. The molecule has 0 amide bonds. The van der Waals surface area contributed by atoms with Crippen molar-refractivity contribution in [3.05, 3.63) is 24.0 Å². The van der Waals surface area contributed by atoms with Gasteiger partial charge in [0.05, 0.1) is 6.10 Å². The molecule has 1 heterocycles. The summed E-state index contributed by atoms with van der Waals surface area (Å²) in [6.45, 7) is 5.12. The van der Waals surface area contributed by atoms with Gasteiger partial charge in [-0.05, 0) is 25.0 Å². The van der Waals surface area contributed by atoms with Crippen molar-refractivity contribution < 1.29 is 5.11 Å². The van der Waals surface area contributed by atoms with E-state index in [1.807, 2.05) is 12.3 Å². The highest BCUT2D eigenvalue weighted by Crippen LogP contribution is 2.12. The van der Waals surface area contributed by atoms with E-state index >= 15 is 0 Å². The fourth-order valence-electron chi connectivity index (χ4n) is 1.74. The molecule has 0 aliphatic carbocycles. The molecule has 0 saturated carbocycles. The zero-order chi connectivity index (χ0) is 11.1. The Labute approximate surface area is 92.9 Å². The van der Waals surface area contributed by atoms with Gasteiger partial charge >= 0.3 is 0 Å². The van der Waals surface area contributed by atoms with Gasteiger partial charge in [0.2, 0.25) is 0 Å². The minimum Gasteiger partial charge on any atom is -0.389 e. The van der Waals surface area contributed by atoms with E-state index in [4.69, 9.17) is 0 Å². The molecule has 0 aliphatic rings. The zero-order valence-corrected chi connectivity index (χ0v) is 9.95. The van der Waals surface area contributed by atoms with E-state index in [2.05, 4.69) is 17.7 Å². The summed E-state index contributed by atoms with van der Waals surface area (Å²) in [4.78, 5) is 0. The van der Waals surface area contributed by atoms with E-state index in [1.165, 1.54) is 32.1 Å². The van der Waals surface area contributed by atoms with Gasteiger partial charge in [-0.15, -0.1) is 0 Å². The molecule has 0 bridgehead atoms. The van der Waals surface area contributed by atoms with Crippen molar-refractivity contribution in [2.75, 3.05) is 0 Å². The van der Waals surface area contributed by atoms with E-state index in [0.717, 1.165) is 12.1 Å². The lowest BCUT2D eigenvalue weighted by atomic mass is 10.1. The first-order valence-electron chi connectivity index (χ1n) is 6.07. The van der Waals surface area contributed by atoms with Gasteiger partial charge in [-0.2, -0.15) is 0 Å². The largest absolute Gasteiger partial charge is 0.389 e. The summed E-state index contributed by atoms with van der Waals surface area (Å²) in [5, 5.41) is 9.37. The highest BCUT2D eigenvalue weighted by Gasteiger charge is 2.01. The quantitative estimate of drug-likeness (QED) is 0.683. The fraction of sp³-hybridized carbons (Fsp3) is 0.692. The first kappa shape index (κ1) is 12.3. The maximum Gasteiger partial charge on any atom is 0.0776 e. The Morgan fingerprint density at radius 2 is 2.00 bits per heavy atom. The van der Waals surface area contributed by atoms with E-state index in [9.17, 15) is 5.11 Å². The lowest BCUT2D eigenvalue weighted by Gasteiger charge is -2.03. The SMILES string of the molecule is CCCCCCCn1ccc(C(C)O)c1. The predicted octanol–water partition coefficient (Wildman–Crippen LogP) is 3.51. The lowest BCUT2D eigenvalue weighted by molar-refractivity contribution is 0.199. The van der Waals surface area contributed by atoms with E-state index < -0.39 is 0 Å². The highest BCUT2D eigenvalue weighted by molar-refractivity contribution is 5.12. The number of aromatic nitrogens is 1. The molecule has 86 valence electrons. The summed E-state index contributed by atoms with van der Waals surface area (Å²) in [5.41, 5.74) is 1.02. The number of aliphatic hydroxyl groups is 1. The standard InChI is InChI=1S/C13H23NO/c1-3-4-5-6-7-9-14-10-8-13(11-14)12(2)15/h8,10-12,15H,3-7,9H2,1-2H3. The molecule has 0 aromatic carbocycles. The third kappa shape index (κ3) is 4.52. The van der Waals surface area contributed by atoms with Gasteiger partial charge in [-0.1, -0.05) is 32.6 Å². The molecule has 2 heteroatoms. The minimum absolute atomic E-state index is 0.341. The first-order chi connectivity index (χ1) is 7.24. The summed E-state index contributed by atoms with van der Waals surface area (Å²) in [7, 11) is 0. The number of aliphatic hydroxyl groups excluding tert-OH is 1. The Kier molecular flexibility index (Phi) is 5.48. The second kappa shape index (κ2) is 6.67. The van der Waals surface area contributed by atoms with Crippen LogP contribution in [-0.4, -0.2) is 9.67 Å². The van der Waals surface area contributed by atoms with Crippen LogP contribution in [0.25, 0.3) is 0 Å². The number of hydrogen-bond acceptors (Lipinski definition) is 1. The van der Waals surface area contributed by atoms with Crippen LogP contribution in [0.15, 0.2) is 18.5 Å². The van der Waals surface area contributed by atoms with Gasteiger partial charge in [0.25, 0.3) is 0 Å². The summed E-state index contributed by atoms with van der Waals surface area (Å²) >= 11 is 0. The van der Waals surface area contributed by atoms with Crippen molar-refractivity contribution in [2.24, 2.45) is 0 Å². The van der Waals surface area contributed by atoms with Crippen LogP contribution in [-0.2, 0) is 6.54 Å². The number of unbranched alkanes of at least 4 members (excludes halogenated alkanes) is 4. The molecule has 15 heavy (non-hydrogen) atoms. The minimum atomic E-state index is -0.341. The molecule has 2 nitrogen and oxygen atoms in total. The maximum atomic E-state index is 9.37. The molecule has 1 rings (SSSR count). The van der Waals surface area contributed by atoms with Gasteiger partial charge in [-0.25, -0.2) is 0 Å². The molecule has 1 aromatic rings. The Morgan fingerprint density at radius 1 is 1.27 bits per heavy atom.